The van der Waals surface area contributed by atoms with Gasteiger partial charge < -0.3 is 24.8 Å². The van der Waals surface area contributed by atoms with Crippen molar-refractivity contribution >= 4 is 29.2 Å². The summed E-state index contributed by atoms with van der Waals surface area (Å²) in [6.45, 7) is 1.42. The van der Waals surface area contributed by atoms with Crippen molar-refractivity contribution in [1.82, 2.24) is 0 Å². The molecule has 0 radical (unpaired) electrons. The first kappa shape index (κ1) is 19.2. The molecule has 0 spiro atoms. The van der Waals surface area contributed by atoms with Crippen LogP contribution >= 0.6 is 0 Å². The predicted octanol–water partition coefficient (Wildman–Crippen LogP) is 2.90. The molecule has 0 saturated heterocycles. The third-order valence-corrected chi connectivity index (χ3v) is 4.24. The van der Waals surface area contributed by atoms with E-state index in [2.05, 4.69) is 10.6 Å². The number of hydrogen-bond acceptors (Lipinski definition) is 6. The lowest BCUT2D eigenvalue weighted by Gasteiger charge is -2.13. The summed E-state index contributed by atoms with van der Waals surface area (Å²) in [6.07, 6.45) is -0.747. The Morgan fingerprint density at radius 3 is 2.21 bits per heavy atom. The van der Waals surface area contributed by atoms with Gasteiger partial charge in [0.15, 0.2) is 11.5 Å². The molecule has 1 aliphatic heterocycles. The molecule has 0 saturated carbocycles. The number of ether oxygens (including phenoxy) is 3. The SMILES string of the molecule is COc1ccc2c(c1OC)C(=O)OC2CC(=O)Nc1ccc(NC(C)=O)cc1. The van der Waals surface area contributed by atoms with E-state index in [1.165, 1.54) is 21.1 Å². The second-order valence-electron chi connectivity index (χ2n) is 6.17. The molecule has 1 heterocycles. The molecule has 2 N–H and O–H groups in total. The van der Waals surface area contributed by atoms with Gasteiger partial charge in [0.2, 0.25) is 11.8 Å². The fourth-order valence-corrected chi connectivity index (χ4v) is 3.04. The van der Waals surface area contributed by atoms with Crippen LogP contribution in [-0.4, -0.2) is 32.0 Å². The van der Waals surface area contributed by atoms with Crippen LogP contribution in [0.25, 0.3) is 0 Å². The summed E-state index contributed by atoms with van der Waals surface area (Å²) < 4.78 is 15.8. The van der Waals surface area contributed by atoms with Crippen LogP contribution in [0, 0.1) is 0 Å². The van der Waals surface area contributed by atoms with Gasteiger partial charge in [-0.3, -0.25) is 9.59 Å². The third kappa shape index (κ3) is 3.90. The normalized spacial score (nSPS) is 14.7. The van der Waals surface area contributed by atoms with Crippen LogP contribution in [-0.2, 0) is 14.3 Å². The van der Waals surface area contributed by atoms with Crippen molar-refractivity contribution in [3.63, 3.8) is 0 Å². The van der Waals surface area contributed by atoms with E-state index in [9.17, 15) is 14.4 Å². The molecule has 2 aromatic rings. The topological polar surface area (TPSA) is 103 Å². The number of methoxy groups -OCH3 is 2. The van der Waals surface area contributed by atoms with Gasteiger partial charge in [0.05, 0.1) is 20.6 Å². The van der Waals surface area contributed by atoms with E-state index in [1.807, 2.05) is 0 Å². The van der Waals surface area contributed by atoms with Crippen LogP contribution in [0.2, 0.25) is 0 Å². The van der Waals surface area contributed by atoms with Gasteiger partial charge in [0, 0.05) is 23.9 Å². The van der Waals surface area contributed by atoms with Crippen LogP contribution < -0.4 is 20.1 Å². The summed E-state index contributed by atoms with van der Waals surface area (Å²) >= 11 is 0. The second kappa shape index (κ2) is 7.99. The highest BCUT2D eigenvalue weighted by molar-refractivity contribution is 5.99. The van der Waals surface area contributed by atoms with Gasteiger partial charge in [-0.15, -0.1) is 0 Å². The van der Waals surface area contributed by atoms with Crippen LogP contribution in [0.1, 0.15) is 35.4 Å². The maximum atomic E-state index is 12.4. The molecular formula is C20H20N2O6. The minimum Gasteiger partial charge on any atom is -0.493 e. The van der Waals surface area contributed by atoms with E-state index in [4.69, 9.17) is 14.2 Å². The molecule has 0 bridgehead atoms. The van der Waals surface area contributed by atoms with Gasteiger partial charge in [0.25, 0.3) is 0 Å². The van der Waals surface area contributed by atoms with Crippen LogP contribution in [0.5, 0.6) is 11.5 Å². The lowest BCUT2D eigenvalue weighted by Crippen LogP contribution is -2.15. The van der Waals surface area contributed by atoms with Crippen molar-refractivity contribution in [1.29, 1.82) is 0 Å². The van der Waals surface area contributed by atoms with Crippen molar-refractivity contribution < 1.29 is 28.6 Å². The number of carbonyl (C=O) groups is 3. The van der Waals surface area contributed by atoms with Gasteiger partial charge in [-0.1, -0.05) is 6.07 Å². The zero-order chi connectivity index (χ0) is 20.3. The lowest BCUT2D eigenvalue weighted by molar-refractivity contribution is -0.118. The number of fused-ring (bicyclic) bond motifs is 1. The predicted molar refractivity (Wildman–Crippen MR) is 102 cm³/mol. The first-order chi connectivity index (χ1) is 13.4. The van der Waals surface area contributed by atoms with Crippen molar-refractivity contribution in [2.24, 2.45) is 0 Å². The molecule has 1 aliphatic rings. The first-order valence-corrected chi connectivity index (χ1v) is 8.56. The minimum absolute atomic E-state index is 0.0400. The van der Waals surface area contributed by atoms with Gasteiger partial charge in [0.1, 0.15) is 11.7 Å². The van der Waals surface area contributed by atoms with Crippen molar-refractivity contribution in [2.45, 2.75) is 19.4 Å². The molecule has 0 aliphatic carbocycles. The number of nitrogens with one attached hydrogen (secondary N) is 2. The third-order valence-electron chi connectivity index (χ3n) is 4.24. The molecule has 1 atom stereocenters. The van der Waals surface area contributed by atoms with E-state index >= 15 is 0 Å². The fourth-order valence-electron chi connectivity index (χ4n) is 3.04. The smallest absolute Gasteiger partial charge is 0.343 e. The van der Waals surface area contributed by atoms with Gasteiger partial charge in [-0.05, 0) is 30.3 Å². The van der Waals surface area contributed by atoms with E-state index < -0.39 is 12.1 Å². The summed E-state index contributed by atoms with van der Waals surface area (Å²) in [7, 11) is 2.92. The van der Waals surface area contributed by atoms with Crippen LogP contribution in [0.4, 0.5) is 11.4 Å². The Hall–Kier alpha value is -3.55. The molecule has 0 fully saturated rings. The minimum atomic E-state index is -0.707. The van der Waals surface area contributed by atoms with Crippen molar-refractivity contribution in [2.75, 3.05) is 24.9 Å². The van der Waals surface area contributed by atoms with E-state index in [0.717, 1.165) is 0 Å². The van der Waals surface area contributed by atoms with Gasteiger partial charge >= 0.3 is 5.97 Å². The quantitative estimate of drug-likeness (QED) is 0.743. The highest BCUT2D eigenvalue weighted by atomic mass is 16.6. The van der Waals surface area contributed by atoms with E-state index in [1.54, 1.807) is 36.4 Å². The molecule has 146 valence electrons. The van der Waals surface area contributed by atoms with Crippen molar-refractivity contribution in [3.05, 3.63) is 47.5 Å². The fraction of sp³-hybridized carbons (Fsp3) is 0.250. The number of rotatable bonds is 6. The Morgan fingerprint density at radius 2 is 1.64 bits per heavy atom. The van der Waals surface area contributed by atoms with E-state index in [0.29, 0.717) is 28.4 Å². The summed E-state index contributed by atoms with van der Waals surface area (Å²) in [6, 6.07) is 10.1. The summed E-state index contributed by atoms with van der Waals surface area (Å²) in [5.74, 6) is -0.328. The molecule has 1 unspecified atom stereocenters. The molecule has 0 aromatic heterocycles. The number of anilines is 2. The Kier molecular flexibility index (Phi) is 5.49. The molecule has 8 heteroatoms. The highest BCUT2D eigenvalue weighted by Crippen LogP contribution is 2.43. The molecular weight excluding hydrogens is 364 g/mol. The van der Waals surface area contributed by atoms with Crippen LogP contribution in [0.15, 0.2) is 36.4 Å². The second-order valence-corrected chi connectivity index (χ2v) is 6.17. The standard InChI is InChI=1S/C20H20N2O6/c1-11(23)21-12-4-6-13(7-5-12)22-17(24)10-16-14-8-9-15(26-2)19(27-3)18(14)20(25)28-16/h4-9,16H,10H2,1-3H3,(H,21,23)(H,22,24). The Balaban J connectivity index is 1.71. The monoisotopic (exact) mass is 384 g/mol. The molecule has 8 nitrogen and oxygen atoms in total. The Morgan fingerprint density at radius 1 is 1.00 bits per heavy atom. The largest absolute Gasteiger partial charge is 0.493 e. The Bertz CT molecular complexity index is 923. The number of carbonyl (C=O) groups excluding carboxylic acids is 3. The lowest BCUT2D eigenvalue weighted by atomic mass is 10.0. The molecule has 28 heavy (non-hydrogen) atoms. The maximum Gasteiger partial charge on any atom is 0.343 e. The highest BCUT2D eigenvalue weighted by Gasteiger charge is 2.36. The molecule has 3 rings (SSSR count). The summed E-state index contributed by atoms with van der Waals surface area (Å²) in [5.41, 5.74) is 2.05. The number of amides is 2. The number of benzene rings is 2. The van der Waals surface area contributed by atoms with Gasteiger partial charge in [-0.25, -0.2) is 4.79 Å². The maximum absolute atomic E-state index is 12.4. The molecule has 2 aromatic carbocycles. The first-order valence-electron chi connectivity index (χ1n) is 8.56. The number of cyclic esters (lactones) is 1. The van der Waals surface area contributed by atoms with Gasteiger partial charge in [-0.2, -0.15) is 0 Å². The summed E-state index contributed by atoms with van der Waals surface area (Å²) in [4.78, 5) is 35.7. The average Bonchev–Trinajstić information content (AvgIpc) is 2.97. The zero-order valence-electron chi connectivity index (χ0n) is 15.7. The van der Waals surface area contributed by atoms with E-state index in [-0.39, 0.29) is 23.8 Å². The zero-order valence-corrected chi connectivity index (χ0v) is 15.7. The number of hydrogen-bond donors (Lipinski definition) is 2. The van der Waals surface area contributed by atoms with Crippen molar-refractivity contribution in [3.8, 4) is 11.5 Å². The number of esters is 1. The average molecular weight is 384 g/mol. The summed E-state index contributed by atoms with van der Waals surface area (Å²) in [5, 5.41) is 5.40. The Labute approximate surface area is 161 Å². The van der Waals surface area contributed by atoms with Crippen LogP contribution in [0.3, 0.4) is 0 Å². The molecule has 2 amide bonds.